The first-order valence-electron chi connectivity index (χ1n) is 4.70. The van der Waals surface area contributed by atoms with Gasteiger partial charge in [-0.2, -0.15) is 0 Å². The van der Waals surface area contributed by atoms with Crippen molar-refractivity contribution in [2.45, 2.75) is 12.8 Å². The fourth-order valence-corrected chi connectivity index (χ4v) is 0.830. The van der Waals surface area contributed by atoms with Crippen LogP contribution in [0.5, 0.6) is 0 Å². The van der Waals surface area contributed by atoms with Gasteiger partial charge in [-0.15, -0.1) is 13.2 Å². The second-order valence-electron chi connectivity index (χ2n) is 2.77. The largest absolute Gasteiger partial charge is 0.377 e. The number of rotatable bonds is 10. The minimum atomic E-state index is 0.165. The van der Waals surface area contributed by atoms with Crippen LogP contribution in [0.4, 0.5) is 0 Å². The van der Waals surface area contributed by atoms with Crippen LogP contribution >= 0.6 is 0 Å². The molecule has 0 saturated carbocycles. The zero-order chi connectivity index (χ0) is 10.6. The fourth-order valence-electron chi connectivity index (χ4n) is 0.830. The number of hydrogen-bond donors (Lipinski definition) is 0. The quantitative estimate of drug-likeness (QED) is 0.396. The Hall–Kier alpha value is -0.930. The molecular weight excluding hydrogens is 180 g/mol. The zero-order valence-corrected chi connectivity index (χ0v) is 8.54. The number of Topliss-reactive ketones (excluding diaryl/α,β-unsaturated/α-hetero) is 1. The van der Waals surface area contributed by atoms with Gasteiger partial charge in [0.1, 0.15) is 5.78 Å². The van der Waals surface area contributed by atoms with Crippen LogP contribution in [0, 0.1) is 0 Å². The van der Waals surface area contributed by atoms with Gasteiger partial charge in [-0.1, -0.05) is 12.2 Å². The summed E-state index contributed by atoms with van der Waals surface area (Å²) in [6.45, 7) is 8.95. The van der Waals surface area contributed by atoms with Crippen molar-refractivity contribution >= 4 is 5.78 Å². The summed E-state index contributed by atoms with van der Waals surface area (Å²) in [6.07, 6.45) is 4.23. The summed E-state index contributed by atoms with van der Waals surface area (Å²) < 4.78 is 10.2. The van der Waals surface area contributed by atoms with Gasteiger partial charge < -0.3 is 9.47 Å². The van der Waals surface area contributed by atoms with E-state index in [-0.39, 0.29) is 5.78 Å². The summed E-state index contributed by atoms with van der Waals surface area (Å²) in [7, 11) is 0. The molecule has 0 bridgehead atoms. The molecule has 0 aromatic rings. The molecule has 3 heteroatoms. The lowest BCUT2D eigenvalue weighted by Crippen LogP contribution is -2.07. The fraction of sp³-hybridized carbons (Fsp3) is 0.545. The molecule has 0 fully saturated rings. The summed E-state index contributed by atoms with van der Waals surface area (Å²) in [5.74, 6) is 0.165. The molecule has 0 spiro atoms. The van der Waals surface area contributed by atoms with Crippen LogP contribution in [-0.4, -0.2) is 32.2 Å². The van der Waals surface area contributed by atoms with Crippen molar-refractivity contribution in [3.8, 4) is 0 Å². The highest BCUT2D eigenvalue weighted by atomic mass is 16.5. The Morgan fingerprint density at radius 2 is 1.43 bits per heavy atom. The minimum absolute atomic E-state index is 0.165. The monoisotopic (exact) mass is 198 g/mol. The van der Waals surface area contributed by atoms with Gasteiger partial charge in [0.05, 0.1) is 26.4 Å². The third-order valence-corrected chi connectivity index (χ3v) is 1.52. The van der Waals surface area contributed by atoms with Crippen molar-refractivity contribution in [3.05, 3.63) is 25.3 Å². The normalized spacial score (nSPS) is 9.71. The first-order chi connectivity index (χ1) is 6.81. The standard InChI is InChI=1S/C11H18O3/c1-3-7-13-9-5-11(12)6-10-14-8-4-2/h3-4H,1-2,5-10H2. The van der Waals surface area contributed by atoms with E-state index in [1.165, 1.54) is 0 Å². The van der Waals surface area contributed by atoms with E-state index in [9.17, 15) is 4.79 Å². The molecule has 0 aliphatic carbocycles. The van der Waals surface area contributed by atoms with Gasteiger partial charge in [0.15, 0.2) is 0 Å². The Kier molecular flexibility index (Phi) is 9.48. The van der Waals surface area contributed by atoms with Crippen molar-refractivity contribution in [2.75, 3.05) is 26.4 Å². The lowest BCUT2D eigenvalue weighted by molar-refractivity contribution is -0.121. The molecule has 0 atom stereocenters. The molecule has 0 heterocycles. The SMILES string of the molecule is C=CCOCCC(=O)CCOCC=C. The third kappa shape index (κ3) is 9.16. The molecule has 0 aromatic heterocycles. The Morgan fingerprint density at radius 3 is 1.79 bits per heavy atom. The molecular formula is C11H18O3. The van der Waals surface area contributed by atoms with Gasteiger partial charge >= 0.3 is 0 Å². The number of carbonyl (C=O) groups excluding carboxylic acids is 1. The average molecular weight is 198 g/mol. The van der Waals surface area contributed by atoms with Gasteiger partial charge in [0.2, 0.25) is 0 Å². The van der Waals surface area contributed by atoms with E-state index in [0.29, 0.717) is 39.3 Å². The van der Waals surface area contributed by atoms with Gasteiger partial charge in [0, 0.05) is 12.8 Å². The first-order valence-corrected chi connectivity index (χ1v) is 4.70. The zero-order valence-electron chi connectivity index (χ0n) is 8.54. The molecule has 0 radical (unpaired) electrons. The summed E-state index contributed by atoms with van der Waals surface area (Å²) in [6, 6.07) is 0. The lowest BCUT2D eigenvalue weighted by Gasteiger charge is -2.01. The summed E-state index contributed by atoms with van der Waals surface area (Å²) in [5, 5.41) is 0. The second-order valence-corrected chi connectivity index (χ2v) is 2.77. The van der Waals surface area contributed by atoms with Crippen LogP contribution in [-0.2, 0) is 14.3 Å². The third-order valence-electron chi connectivity index (χ3n) is 1.52. The molecule has 0 rings (SSSR count). The molecule has 3 nitrogen and oxygen atoms in total. The van der Waals surface area contributed by atoms with Gasteiger partial charge in [-0.05, 0) is 0 Å². The van der Waals surface area contributed by atoms with Crippen LogP contribution in [0.15, 0.2) is 25.3 Å². The Morgan fingerprint density at radius 1 is 1.00 bits per heavy atom. The molecule has 0 aliphatic rings. The van der Waals surface area contributed by atoms with Crippen LogP contribution in [0.25, 0.3) is 0 Å². The Bertz CT molecular complexity index is 157. The van der Waals surface area contributed by atoms with E-state index < -0.39 is 0 Å². The molecule has 0 aromatic carbocycles. The summed E-state index contributed by atoms with van der Waals surface area (Å²) in [5.41, 5.74) is 0. The molecule has 0 saturated heterocycles. The second kappa shape index (κ2) is 10.2. The van der Waals surface area contributed by atoms with E-state index in [1.807, 2.05) is 0 Å². The maximum absolute atomic E-state index is 11.2. The Balaban J connectivity index is 3.19. The van der Waals surface area contributed by atoms with E-state index in [2.05, 4.69) is 13.2 Å². The summed E-state index contributed by atoms with van der Waals surface area (Å²) >= 11 is 0. The number of ether oxygens (including phenoxy) is 2. The highest BCUT2D eigenvalue weighted by Crippen LogP contribution is 1.92. The van der Waals surface area contributed by atoms with Gasteiger partial charge in [0.25, 0.3) is 0 Å². The predicted molar refractivity (Wildman–Crippen MR) is 56.3 cm³/mol. The van der Waals surface area contributed by atoms with Crippen molar-refractivity contribution in [1.29, 1.82) is 0 Å². The topological polar surface area (TPSA) is 35.5 Å². The molecule has 0 aliphatic heterocycles. The van der Waals surface area contributed by atoms with Crippen molar-refractivity contribution in [1.82, 2.24) is 0 Å². The van der Waals surface area contributed by atoms with Crippen LogP contribution in [0.3, 0.4) is 0 Å². The number of ketones is 1. The molecule has 0 N–H and O–H groups in total. The van der Waals surface area contributed by atoms with E-state index in [4.69, 9.17) is 9.47 Å². The van der Waals surface area contributed by atoms with E-state index >= 15 is 0 Å². The van der Waals surface area contributed by atoms with Crippen molar-refractivity contribution in [2.24, 2.45) is 0 Å². The molecule has 14 heavy (non-hydrogen) atoms. The molecule has 80 valence electrons. The maximum Gasteiger partial charge on any atom is 0.137 e. The average Bonchev–Trinajstić information content (AvgIpc) is 2.19. The van der Waals surface area contributed by atoms with Crippen molar-refractivity contribution in [3.63, 3.8) is 0 Å². The van der Waals surface area contributed by atoms with Crippen LogP contribution in [0.1, 0.15) is 12.8 Å². The predicted octanol–water partition coefficient (Wildman–Crippen LogP) is 1.74. The number of hydrogen-bond acceptors (Lipinski definition) is 3. The highest BCUT2D eigenvalue weighted by molar-refractivity contribution is 5.78. The maximum atomic E-state index is 11.2. The first kappa shape index (κ1) is 13.1. The molecule has 0 unspecified atom stereocenters. The van der Waals surface area contributed by atoms with Gasteiger partial charge in [-0.25, -0.2) is 0 Å². The van der Waals surface area contributed by atoms with Crippen molar-refractivity contribution < 1.29 is 14.3 Å². The van der Waals surface area contributed by atoms with Crippen LogP contribution < -0.4 is 0 Å². The lowest BCUT2D eigenvalue weighted by atomic mass is 10.2. The molecule has 0 amide bonds. The summed E-state index contributed by atoms with van der Waals surface area (Å²) in [4.78, 5) is 11.2. The Labute approximate surface area is 85.4 Å². The van der Waals surface area contributed by atoms with E-state index in [1.54, 1.807) is 12.2 Å². The minimum Gasteiger partial charge on any atom is -0.377 e. The number of carbonyl (C=O) groups is 1. The van der Waals surface area contributed by atoms with Crippen LogP contribution in [0.2, 0.25) is 0 Å². The smallest absolute Gasteiger partial charge is 0.137 e. The van der Waals surface area contributed by atoms with E-state index in [0.717, 1.165) is 0 Å². The highest BCUT2D eigenvalue weighted by Gasteiger charge is 2.00. The van der Waals surface area contributed by atoms with Gasteiger partial charge in [-0.3, -0.25) is 4.79 Å².